The Hall–Kier alpha value is -1.77. The molecular weight excluding hydrogens is 180 g/mol. The van der Waals surface area contributed by atoms with Crippen LogP contribution in [0.5, 0.6) is 5.75 Å². The molecule has 0 aliphatic rings. The van der Waals surface area contributed by atoms with Crippen LogP contribution in [0.4, 0.5) is 0 Å². The molecule has 0 fully saturated rings. The molecule has 0 aliphatic carbocycles. The zero-order valence-corrected chi connectivity index (χ0v) is 7.90. The lowest BCUT2D eigenvalue weighted by molar-refractivity contribution is 0.0697. The molecule has 3 nitrogen and oxygen atoms in total. The number of carboxylic acid groups (broad SMARTS) is 1. The average molecular weight is 192 g/mol. The number of rotatable bonds is 3. The molecule has 0 bridgehead atoms. The standard InChI is InChI=1S/C11H12O3/c1-2-3-4-8-7-9(11(13)14)5-6-10(8)12/h2-3,5-7,12H,4H2,1H3,(H,13,14)/b3-2-. The van der Waals surface area contributed by atoms with E-state index in [1.54, 1.807) is 0 Å². The summed E-state index contributed by atoms with van der Waals surface area (Å²) in [5, 5.41) is 18.1. The summed E-state index contributed by atoms with van der Waals surface area (Å²) in [5.41, 5.74) is 0.824. The lowest BCUT2D eigenvalue weighted by atomic mass is 10.1. The van der Waals surface area contributed by atoms with Gasteiger partial charge in [-0.15, -0.1) is 0 Å². The summed E-state index contributed by atoms with van der Waals surface area (Å²) in [4.78, 5) is 10.6. The zero-order chi connectivity index (χ0) is 10.6. The van der Waals surface area contributed by atoms with Gasteiger partial charge < -0.3 is 10.2 Å². The van der Waals surface area contributed by atoms with Crippen LogP contribution in [0.25, 0.3) is 0 Å². The number of phenolic OH excluding ortho intramolecular Hbond substituents is 1. The van der Waals surface area contributed by atoms with E-state index in [2.05, 4.69) is 0 Å². The summed E-state index contributed by atoms with van der Waals surface area (Å²) >= 11 is 0. The first-order valence-electron chi connectivity index (χ1n) is 4.31. The predicted molar refractivity (Wildman–Crippen MR) is 53.6 cm³/mol. The van der Waals surface area contributed by atoms with E-state index in [1.807, 2.05) is 19.1 Å². The van der Waals surface area contributed by atoms with E-state index in [4.69, 9.17) is 5.11 Å². The van der Waals surface area contributed by atoms with Crippen molar-refractivity contribution in [3.63, 3.8) is 0 Å². The van der Waals surface area contributed by atoms with Crippen LogP contribution in [0.15, 0.2) is 30.4 Å². The molecule has 3 heteroatoms. The third-order valence-corrected chi connectivity index (χ3v) is 1.90. The molecule has 0 saturated carbocycles. The fraction of sp³-hybridized carbons (Fsp3) is 0.182. The van der Waals surface area contributed by atoms with Crippen molar-refractivity contribution in [3.05, 3.63) is 41.5 Å². The molecule has 0 heterocycles. The van der Waals surface area contributed by atoms with Gasteiger partial charge in [0.05, 0.1) is 5.56 Å². The highest BCUT2D eigenvalue weighted by molar-refractivity contribution is 5.88. The Bertz CT molecular complexity index is 367. The highest BCUT2D eigenvalue weighted by Crippen LogP contribution is 2.19. The Balaban J connectivity index is 3.01. The number of hydrogen-bond donors (Lipinski definition) is 2. The minimum absolute atomic E-state index is 0.133. The summed E-state index contributed by atoms with van der Waals surface area (Å²) in [5.74, 6) is -0.847. The number of benzene rings is 1. The number of hydrogen-bond acceptors (Lipinski definition) is 2. The number of allylic oxidation sites excluding steroid dienone is 2. The van der Waals surface area contributed by atoms with Crippen LogP contribution < -0.4 is 0 Å². The quantitative estimate of drug-likeness (QED) is 0.722. The zero-order valence-electron chi connectivity index (χ0n) is 7.90. The number of carboxylic acids is 1. The Morgan fingerprint density at radius 3 is 2.79 bits per heavy atom. The molecule has 0 spiro atoms. The molecule has 74 valence electrons. The van der Waals surface area contributed by atoms with Crippen LogP contribution in [-0.2, 0) is 6.42 Å². The van der Waals surface area contributed by atoms with E-state index in [1.165, 1.54) is 18.2 Å². The van der Waals surface area contributed by atoms with Gasteiger partial charge in [0.2, 0.25) is 0 Å². The van der Waals surface area contributed by atoms with Gasteiger partial charge in [-0.05, 0) is 37.1 Å². The van der Waals surface area contributed by atoms with Gasteiger partial charge >= 0.3 is 5.97 Å². The first-order chi connectivity index (χ1) is 6.65. The molecule has 0 amide bonds. The highest BCUT2D eigenvalue weighted by atomic mass is 16.4. The molecule has 0 atom stereocenters. The second-order valence-electron chi connectivity index (χ2n) is 2.92. The molecule has 0 radical (unpaired) electrons. The summed E-state index contributed by atoms with van der Waals surface area (Å²) in [6.07, 6.45) is 4.26. The van der Waals surface area contributed by atoms with Gasteiger partial charge in [0, 0.05) is 0 Å². The van der Waals surface area contributed by atoms with E-state index >= 15 is 0 Å². The number of aromatic carboxylic acids is 1. The SMILES string of the molecule is C/C=C\Cc1cc(C(=O)O)ccc1O. The second-order valence-corrected chi connectivity index (χ2v) is 2.92. The first-order valence-corrected chi connectivity index (χ1v) is 4.31. The first kappa shape index (κ1) is 10.3. The van der Waals surface area contributed by atoms with Crippen molar-refractivity contribution in [1.29, 1.82) is 0 Å². The molecule has 0 saturated heterocycles. The molecular formula is C11H12O3. The van der Waals surface area contributed by atoms with Crippen LogP contribution in [0.3, 0.4) is 0 Å². The maximum atomic E-state index is 10.6. The van der Waals surface area contributed by atoms with Crippen molar-refractivity contribution in [2.45, 2.75) is 13.3 Å². The van der Waals surface area contributed by atoms with Gasteiger partial charge in [0.1, 0.15) is 5.75 Å². The van der Waals surface area contributed by atoms with Gasteiger partial charge in [-0.3, -0.25) is 0 Å². The Morgan fingerprint density at radius 1 is 1.50 bits per heavy atom. The third-order valence-electron chi connectivity index (χ3n) is 1.90. The van der Waals surface area contributed by atoms with Gasteiger partial charge in [-0.1, -0.05) is 12.2 Å². The van der Waals surface area contributed by atoms with Crippen LogP contribution >= 0.6 is 0 Å². The molecule has 1 rings (SSSR count). The number of aromatic hydroxyl groups is 1. The molecule has 1 aromatic rings. The summed E-state index contributed by atoms with van der Waals surface area (Å²) in [6, 6.07) is 4.27. The summed E-state index contributed by atoms with van der Waals surface area (Å²) in [7, 11) is 0. The largest absolute Gasteiger partial charge is 0.508 e. The lowest BCUT2D eigenvalue weighted by Gasteiger charge is -2.02. The molecule has 2 N–H and O–H groups in total. The van der Waals surface area contributed by atoms with Crippen molar-refractivity contribution in [1.82, 2.24) is 0 Å². The van der Waals surface area contributed by atoms with Crippen molar-refractivity contribution in [2.24, 2.45) is 0 Å². The highest BCUT2D eigenvalue weighted by Gasteiger charge is 2.06. The van der Waals surface area contributed by atoms with Crippen molar-refractivity contribution in [3.8, 4) is 5.75 Å². The van der Waals surface area contributed by atoms with Crippen molar-refractivity contribution >= 4 is 5.97 Å². The Labute approximate surface area is 82.3 Å². The maximum absolute atomic E-state index is 10.6. The van der Waals surface area contributed by atoms with Gasteiger partial charge in [-0.25, -0.2) is 4.79 Å². The number of phenols is 1. The second kappa shape index (κ2) is 4.46. The summed E-state index contributed by atoms with van der Waals surface area (Å²) in [6.45, 7) is 1.87. The lowest BCUT2D eigenvalue weighted by Crippen LogP contribution is -1.97. The van der Waals surface area contributed by atoms with E-state index < -0.39 is 5.97 Å². The normalized spacial score (nSPS) is 10.6. The van der Waals surface area contributed by atoms with Crippen molar-refractivity contribution < 1.29 is 15.0 Å². The molecule has 0 aliphatic heterocycles. The minimum Gasteiger partial charge on any atom is -0.508 e. The van der Waals surface area contributed by atoms with E-state index in [-0.39, 0.29) is 11.3 Å². The van der Waals surface area contributed by atoms with E-state index in [0.717, 1.165) is 0 Å². The Kier molecular flexibility index (Phi) is 3.29. The smallest absolute Gasteiger partial charge is 0.335 e. The van der Waals surface area contributed by atoms with Crippen LogP contribution in [0.2, 0.25) is 0 Å². The molecule has 0 aromatic heterocycles. The fourth-order valence-corrected chi connectivity index (χ4v) is 1.13. The fourth-order valence-electron chi connectivity index (χ4n) is 1.13. The van der Waals surface area contributed by atoms with Crippen LogP contribution in [-0.4, -0.2) is 16.2 Å². The van der Waals surface area contributed by atoms with Gasteiger partial charge in [0.25, 0.3) is 0 Å². The van der Waals surface area contributed by atoms with Crippen molar-refractivity contribution in [2.75, 3.05) is 0 Å². The summed E-state index contributed by atoms with van der Waals surface area (Å²) < 4.78 is 0. The average Bonchev–Trinajstić information content (AvgIpc) is 2.16. The van der Waals surface area contributed by atoms with Gasteiger partial charge in [-0.2, -0.15) is 0 Å². The van der Waals surface area contributed by atoms with Crippen LogP contribution in [0, 0.1) is 0 Å². The minimum atomic E-state index is -0.980. The van der Waals surface area contributed by atoms with Crippen LogP contribution in [0.1, 0.15) is 22.8 Å². The monoisotopic (exact) mass is 192 g/mol. The third kappa shape index (κ3) is 2.36. The number of carbonyl (C=O) groups is 1. The Morgan fingerprint density at radius 2 is 2.21 bits per heavy atom. The molecule has 0 unspecified atom stereocenters. The van der Waals surface area contributed by atoms with E-state index in [9.17, 15) is 9.90 Å². The molecule has 14 heavy (non-hydrogen) atoms. The molecule has 1 aromatic carbocycles. The predicted octanol–water partition coefficient (Wildman–Crippen LogP) is 2.21. The topological polar surface area (TPSA) is 57.5 Å². The van der Waals surface area contributed by atoms with Gasteiger partial charge in [0.15, 0.2) is 0 Å². The maximum Gasteiger partial charge on any atom is 0.335 e. The van der Waals surface area contributed by atoms with E-state index in [0.29, 0.717) is 12.0 Å².